The van der Waals surface area contributed by atoms with E-state index in [2.05, 4.69) is 31.0 Å². The highest BCUT2D eigenvalue weighted by Crippen LogP contribution is 2.29. The first-order valence-corrected chi connectivity index (χ1v) is 6.58. The SMILES string of the molecule is Cc1ccc(C(O)CCN(C)CC2CC2)cc1. The van der Waals surface area contributed by atoms with Gasteiger partial charge in [-0.25, -0.2) is 0 Å². The molecule has 0 aliphatic heterocycles. The summed E-state index contributed by atoms with van der Waals surface area (Å²) in [4.78, 5) is 2.34. The number of hydrogen-bond donors (Lipinski definition) is 1. The van der Waals surface area contributed by atoms with Crippen molar-refractivity contribution in [3.8, 4) is 0 Å². The summed E-state index contributed by atoms with van der Waals surface area (Å²) in [6, 6.07) is 8.18. The maximum atomic E-state index is 10.1. The average molecular weight is 233 g/mol. The van der Waals surface area contributed by atoms with E-state index in [9.17, 15) is 5.11 Å². The molecule has 2 nitrogen and oxygen atoms in total. The molecule has 2 heteroatoms. The zero-order chi connectivity index (χ0) is 12.3. The Bertz CT molecular complexity index is 342. The van der Waals surface area contributed by atoms with Crippen molar-refractivity contribution < 1.29 is 5.11 Å². The first kappa shape index (κ1) is 12.6. The van der Waals surface area contributed by atoms with Crippen LogP contribution in [-0.4, -0.2) is 30.1 Å². The largest absolute Gasteiger partial charge is 0.388 e. The quantitative estimate of drug-likeness (QED) is 0.816. The molecule has 1 aromatic rings. The van der Waals surface area contributed by atoms with E-state index in [1.165, 1.54) is 24.9 Å². The van der Waals surface area contributed by atoms with E-state index in [0.717, 1.165) is 24.4 Å². The monoisotopic (exact) mass is 233 g/mol. The fourth-order valence-corrected chi connectivity index (χ4v) is 2.13. The molecule has 1 aliphatic carbocycles. The third-order valence-corrected chi connectivity index (χ3v) is 3.51. The van der Waals surface area contributed by atoms with E-state index >= 15 is 0 Å². The zero-order valence-electron chi connectivity index (χ0n) is 10.9. The highest BCUT2D eigenvalue weighted by atomic mass is 16.3. The van der Waals surface area contributed by atoms with Crippen LogP contribution in [0.25, 0.3) is 0 Å². The van der Waals surface area contributed by atoms with Crippen LogP contribution in [-0.2, 0) is 0 Å². The standard InChI is InChI=1S/C15H23NO/c1-12-3-7-14(8-4-12)15(17)9-10-16(2)11-13-5-6-13/h3-4,7-8,13,15,17H,5-6,9-11H2,1-2H3. The van der Waals surface area contributed by atoms with Crippen molar-refractivity contribution in [2.45, 2.75) is 32.3 Å². The highest BCUT2D eigenvalue weighted by Gasteiger charge is 2.22. The molecule has 0 spiro atoms. The number of nitrogens with zero attached hydrogens (tertiary/aromatic N) is 1. The second kappa shape index (κ2) is 5.65. The summed E-state index contributed by atoms with van der Waals surface area (Å²) >= 11 is 0. The highest BCUT2D eigenvalue weighted by molar-refractivity contribution is 5.22. The number of hydrogen-bond acceptors (Lipinski definition) is 2. The van der Waals surface area contributed by atoms with E-state index in [-0.39, 0.29) is 6.10 Å². The molecule has 1 fully saturated rings. The van der Waals surface area contributed by atoms with Gasteiger partial charge in [0.1, 0.15) is 0 Å². The normalized spacial score (nSPS) is 17.4. The molecule has 1 N–H and O–H groups in total. The number of aryl methyl sites for hydroxylation is 1. The van der Waals surface area contributed by atoms with E-state index in [4.69, 9.17) is 0 Å². The zero-order valence-corrected chi connectivity index (χ0v) is 10.9. The van der Waals surface area contributed by atoms with Crippen LogP contribution in [0.15, 0.2) is 24.3 Å². The lowest BCUT2D eigenvalue weighted by Gasteiger charge is -2.18. The van der Waals surface area contributed by atoms with Gasteiger partial charge in [0.05, 0.1) is 6.10 Å². The Morgan fingerprint density at radius 3 is 2.53 bits per heavy atom. The fraction of sp³-hybridized carbons (Fsp3) is 0.600. The van der Waals surface area contributed by atoms with E-state index in [0.29, 0.717) is 0 Å². The van der Waals surface area contributed by atoms with Gasteiger partial charge in [0, 0.05) is 13.1 Å². The second-order valence-corrected chi connectivity index (χ2v) is 5.42. The Morgan fingerprint density at radius 1 is 1.29 bits per heavy atom. The topological polar surface area (TPSA) is 23.5 Å². The summed E-state index contributed by atoms with van der Waals surface area (Å²) in [7, 11) is 2.15. The third-order valence-electron chi connectivity index (χ3n) is 3.51. The van der Waals surface area contributed by atoms with Crippen molar-refractivity contribution >= 4 is 0 Å². The molecule has 1 atom stereocenters. The molecule has 0 bridgehead atoms. The molecule has 0 aromatic heterocycles. The van der Waals surface area contributed by atoms with Gasteiger partial charge in [-0.3, -0.25) is 0 Å². The van der Waals surface area contributed by atoms with Crippen molar-refractivity contribution in [2.75, 3.05) is 20.1 Å². The van der Waals surface area contributed by atoms with Crippen LogP contribution in [0.2, 0.25) is 0 Å². The van der Waals surface area contributed by atoms with Gasteiger partial charge in [-0.05, 0) is 44.7 Å². The van der Waals surface area contributed by atoms with Crippen LogP contribution in [0.4, 0.5) is 0 Å². The lowest BCUT2D eigenvalue weighted by atomic mass is 10.0. The van der Waals surface area contributed by atoms with Gasteiger partial charge in [-0.2, -0.15) is 0 Å². The third kappa shape index (κ3) is 4.14. The lowest BCUT2D eigenvalue weighted by Crippen LogP contribution is -2.23. The Balaban J connectivity index is 1.75. The van der Waals surface area contributed by atoms with Crippen LogP contribution in [0.3, 0.4) is 0 Å². The Morgan fingerprint density at radius 2 is 1.94 bits per heavy atom. The molecule has 1 saturated carbocycles. The van der Waals surface area contributed by atoms with Gasteiger partial charge in [-0.15, -0.1) is 0 Å². The predicted molar refractivity (Wildman–Crippen MR) is 71.0 cm³/mol. The van der Waals surface area contributed by atoms with Crippen molar-refractivity contribution in [3.63, 3.8) is 0 Å². The summed E-state index contributed by atoms with van der Waals surface area (Å²) in [5, 5.41) is 10.1. The maximum Gasteiger partial charge on any atom is 0.0802 e. The van der Waals surface area contributed by atoms with Gasteiger partial charge in [-0.1, -0.05) is 29.8 Å². The number of benzene rings is 1. The number of aliphatic hydroxyl groups is 1. The summed E-state index contributed by atoms with van der Waals surface area (Å²) in [5.74, 6) is 0.927. The first-order chi connectivity index (χ1) is 8.15. The number of rotatable bonds is 6. The molecular formula is C15H23NO. The summed E-state index contributed by atoms with van der Waals surface area (Å²) in [6.07, 6.45) is 3.29. The first-order valence-electron chi connectivity index (χ1n) is 6.58. The van der Waals surface area contributed by atoms with E-state index < -0.39 is 0 Å². The van der Waals surface area contributed by atoms with Gasteiger partial charge in [0.25, 0.3) is 0 Å². The summed E-state index contributed by atoms with van der Waals surface area (Å²) < 4.78 is 0. The molecule has 1 unspecified atom stereocenters. The number of aliphatic hydroxyl groups excluding tert-OH is 1. The van der Waals surface area contributed by atoms with Crippen molar-refractivity contribution in [1.82, 2.24) is 4.90 Å². The maximum absolute atomic E-state index is 10.1. The Hall–Kier alpha value is -0.860. The Kier molecular flexibility index (Phi) is 4.19. The lowest BCUT2D eigenvalue weighted by molar-refractivity contribution is 0.148. The molecule has 1 aromatic carbocycles. The van der Waals surface area contributed by atoms with Crippen LogP contribution in [0, 0.1) is 12.8 Å². The smallest absolute Gasteiger partial charge is 0.0802 e. The molecule has 0 heterocycles. The minimum Gasteiger partial charge on any atom is -0.388 e. The van der Waals surface area contributed by atoms with Crippen LogP contribution < -0.4 is 0 Å². The molecule has 17 heavy (non-hydrogen) atoms. The van der Waals surface area contributed by atoms with Crippen LogP contribution >= 0.6 is 0 Å². The van der Waals surface area contributed by atoms with Crippen LogP contribution in [0.1, 0.15) is 36.5 Å². The van der Waals surface area contributed by atoms with Crippen molar-refractivity contribution in [3.05, 3.63) is 35.4 Å². The van der Waals surface area contributed by atoms with Crippen LogP contribution in [0.5, 0.6) is 0 Å². The van der Waals surface area contributed by atoms with Gasteiger partial charge in [0.2, 0.25) is 0 Å². The molecular weight excluding hydrogens is 210 g/mol. The molecule has 0 saturated heterocycles. The van der Waals surface area contributed by atoms with Gasteiger partial charge >= 0.3 is 0 Å². The van der Waals surface area contributed by atoms with Crippen molar-refractivity contribution in [1.29, 1.82) is 0 Å². The molecule has 2 rings (SSSR count). The van der Waals surface area contributed by atoms with Gasteiger partial charge < -0.3 is 10.0 Å². The summed E-state index contributed by atoms with van der Waals surface area (Å²) in [5.41, 5.74) is 2.28. The molecule has 94 valence electrons. The molecule has 1 aliphatic rings. The van der Waals surface area contributed by atoms with Gasteiger partial charge in [0.15, 0.2) is 0 Å². The summed E-state index contributed by atoms with van der Waals surface area (Å²) in [6.45, 7) is 4.24. The Labute approximate surface area is 104 Å². The van der Waals surface area contributed by atoms with Crippen molar-refractivity contribution in [2.24, 2.45) is 5.92 Å². The predicted octanol–water partition coefficient (Wildman–Crippen LogP) is 2.76. The molecule has 0 amide bonds. The fourth-order valence-electron chi connectivity index (χ4n) is 2.13. The molecule has 0 radical (unpaired) electrons. The van der Waals surface area contributed by atoms with E-state index in [1.807, 2.05) is 12.1 Å². The minimum absolute atomic E-state index is 0.322. The second-order valence-electron chi connectivity index (χ2n) is 5.42. The van der Waals surface area contributed by atoms with E-state index in [1.54, 1.807) is 0 Å². The average Bonchev–Trinajstić information content (AvgIpc) is 3.11. The minimum atomic E-state index is -0.322.